The topological polar surface area (TPSA) is 62.9 Å². The van der Waals surface area contributed by atoms with Crippen LogP contribution in [0.4, 0.5) is 0 Å². The second-order valence-electron chi connectivity index (χ2n) is 5.36. The monoisotopic (exact) mass is 418 g/mol. The smallest absolute Gasteiger partial charge is 0.188 e. The van der Waals surface area contributed by atoms with Gasteiger partial charge in [-0.25, -0.2) is 4.99 Å². The number of morpholine rings is 1. The first-order valence-corrected chi connectivity index (χ1v) is 7.64. The van der Waals surface area contributed by atoms with Crippen LogP contribution in [-0.2, 0) is 11.3 Å². The molecule has 22 heavy (non-hydrogen) atoms. The Morgan fingerprint density at radius 3 is 2.77 bits per heavy atom. The standard InChI is InChI=1S/C16H26N4O.HI/c1-14-5-2-3-6-15(14)13-19-16(17)18-7-4-8-20-9-11-21-12-10-20;/h2-3,5-6H,4,7-13H2,1H3,(H3,17,18,19);1H. The molecule has 124 valence electrons. The fourth-order valence-corrected chi connectivity index (χ4v) is 2.36. The minimum absolute atomic E-state index is 0. The quantitative estimate of drug-likeness (QED) is 0.320. The summed E-state index contributed by atoms with van der Waals surface area (Å²) < 4.78 is 5.33. The molecule has 1 aromatic carbocycles. The van der Waals surface area contributed by atoms with E-state index >= 15 is 0 Å². The molecule has 1 heterocycles. The van der Waals surface area contributed by atoms with Crippen LogP contribution >= 0.6 is 24.0 Å². The molecule has 6 heteroatoms. The predicted molar refractivity (Wildman–Crippen MR) is 102 cm³/mol. The Hall–Kier alpha value is -0.860. The van der Waals surface area contributed by atoms with Crippen molar-refractivity contribution in [1.29, 1.82) is 0 Å². The first-order valence-electron chi connectivity index (χ1n) is 7.64. The van der Waals surface area contributed by atoms with E-state index in [1.807, 2.05) is 12.1 Å². The van der Waals surface area contributed by atoms with Crippen LogP contribution in [-0.4, -0.2) is 50.3 Å². The zero-order valence-electron chi connectivity index (χ0n) is 13.3. The van der Waals surface area contributed by atoms with Crippen molar-refractivity contribution in [2.75, 3.05) is 39.4 Å². The predicted octanol–water partition coefficient (Wildman–Crippen LogP) is 1.74. The first-order chi connectivity index (χ1) is 10.3. The van der Waals surface area contributed by atoms with Gasteiger partial charge in [0.1, 0.15) is 0 Å². The minimum Gasteiger partial charge on any atom is -0.379 e. The van der Waals surface area contributed by atoms with Gasteiger partial charge < -0.3 is 15.8 Å². The molecule has 0 bridgehead atoms. The van der Waals surface area contributed by atoms with Gasteiger partial charge in [0.15, 0.2) is 5.96 Å². The molecule has 0 saturated carbocycles. The van der Waals surface area contributed by atoms with Gasteiger partial charge in [-0.2, -0.15) is 0 Å². The number of aliphatic imine (C=N–C) groups is 1. The highest BCUT2D eigenvalue weighted by molar-refractivity contribution is 14.0. The van der Waals surface area contributed by atoms with E-state index in [2.05, 4.69) is 34.3 Å². The van der Waals surface area contributed by atoms with Crippen LogP contribution in [0.2, 0.25) is 0 Å². The molecule has 3 N–H and O–H groups in total. The molecular formula is C16H27IN4O. The molecule has 1 aromatic rings. The van der Waals surface area contributed by atoms with Crippen molar-refractivity contribution in [3.05, 3.63) is 35.4 Å². The highest BCUT2D eigenvalue weighted by Crippen LogP contribution is 2.07. The third-order valence-corrected chi connectivity index (χ3v) is 3.74. The molecule has 0 radical (unpaired) electrons. The largest absolute Gasteiger partial charge is 0.379 e. The number of nitrogens with one attached hydrogen (secondary N) is 1. The van der Waals surface area contributed by atoms with Gasteiger partial charge in [-0.3, -0.25) is 4.90 Å². The molecule has 0 amide bonds. The molecule has 1 aliphatic heterocycles. The van der Waals surface area contributed by atoms with Gasteiger partial charge in [0.25, 0.3) is 0 Å². The Labute approximate surface area is 150 Å². The van der Waals surface area contributed by atoms with Crippen LogP contribution in [0.25, 0.3) is 0 Å². The SMILES string of the molecule is Cc1ccccc1CN=C(N)NCCCN1CCOCC1.I. The maximum absolute atomic E-state index is 5.90. The minimum atomic E-state index is 0. The van der Waals surface area contributed by atoms with E-state index in [-0.39, 0.29) is 24.0 Å². The van der Waals surface area contributed by atoms with E-state index in [0.29, 0.717) is 12.5 Å². The van der Waals surface area contributed by atoms with Gasteiger partial charge in [0.05, 0.1) is 19.8 Å². The molecule has 0 spiro atoms. The maximum atomic E-state index is 5.90. The Morgan fingerprint density at radius 1 is 1.32 bits per heavy atom. The Kier molecular flexibility index (Phi) is 9.42. The summed E-state index contributed by atoms with van der Waals surface area (Å²) in [5.74, 6) is 0.528. The van der Waals surface area contributed by atoms with E-state index in [4.69, 9.17) is 10.5 Å². The molecule has 1 fully saturated rings. The van der Waals surface area contributed by atoms with E-state index in [1.54, 1.807) is 0 Å². The van der Waals surface area contributed by atoms with Gasteiger partial charge in [-0.1, -0.05) is 24.3 Å². The lowest BCUT2D eigenvalue weighted by molar-refractivity contribution is 0.0376. The summed E-state index contributed by atoms with van der Waals surface area (Å²) in [7, 11) is 0. The zero-order chi connectivity index (χ0) is 14.9. The molecule has 2 rings (SSSR count). The van der Waals surface area contributed by atoms with Crippen LogP contribution < -0.4 is 11.1 Å². The average molecular weight is 418 g/mol. The normalized spacial score (nSPS) is 16.1. The zero-order valence-corrected chi connectivity index (χ0v) is 15.6. The second kappa shape index (κ2) is 10.8. The van der Waals surface area contributed by atoms with Gasteiger partial charge >= 0.3 is 0 Å². The summed E-state index contributed by atoms with van der Waals surface area (Å²) >= 11 is 0. The maximum Gasteiger partial charge on any atom is 0.188 e. The van der Waals surface area contributed by atoms with E-state index in [0.717, 1.165) is 45.8 Å². The third-order valence-electron chi connectivity index (χ3n) is 3.74. The van der Waals surface area contributed by atoms with Crippen LogP contribution in [0, 0.1) is 6.92 Å². The van der Waals surface area contributed by atoms with Crippen LogP contribution in [0.15, 0.2) is 29.3 Å². The van der Waals surface area contributed by atoms with Crippen molar-refractivity contribution in [3.8, 4) is 0 Å². The van der Waals surface area contributed by atoms with Gasteiger partial charge in [-0.15, -0.1) is 24.0 Å². The molecule has 1 saturated heterocycles. The third kappa shape index (κ3) is 6.93. The number of nitrogens with zero attached hydrogens (tertiary/aromatic N) is 2. The highest BCUT2D eigenvalue weighted by atomic mass is 127. The summed E-state index contributed by atoms with van der Waals surface area (Å²) in [6, 6.07) is 8.25. The molecule has 0 atom stereocenters. The molecule has 0 aliphatic carbocycles. The van der Waals surface area contributed by atoms with Crippen molar-refractivity contribution in [3.63, 3.8) is 0 Å². The number of halogens is 1. The number of hydrogen-bond donors (Lipinski definition) is 2. The summed E-state index contributed by atoms with van der Waals surface area (Å²) in [4.78, 5) is 6.81. The van der Waals surface area contributed by atoms with Crippen LogP contribution in [0.5, 0.6) is 0 Å². The molecule has 0 unspecified atom stereocenters. The van der Waals surface area contributed by atoms with Crippen molar-refractivity contribution in [1.82, 2.24) is 10.2 Å². The lowest BCUT2D eigenvalue weighted by Gasteiger charge is -2.26. The van der Waals surface area contributed by atoms with E-state index < -0.39 is 0 Å². The second-order valence-corrected chi connectivity index (χ2v) is 5.36. The molecule has 0 aromatic heterocycles. The Balaban J connectivity index is 0.00000242. The average Bonchev–Trinajstić information content (AvgIpc) is 2.52. The van der Waals surface area contributed by atoms with Crippen molar-refractivity contribution in [2.45, 2.75) is 19.9 Å². The molecular weight excluding hydrogens is 391 g/mol. The van der Waals surface area contributed by atoms with E-state index in [1.165, 1.54) is 11.1 Å². The lowest BCUT2D eigenvalue weighted by Crippen LogP contribution is -2.39. The number of guanidine groups is 1. The van der Waals surface area contributed by atoms with Gasteiger partial charge in [0, 0.05) is 19.6 Å². The summed E-state index contributed by atoms with van der Waals surface area (Å²) in [5, 5.41) is 3.18. The van der Waals surface area contributed by atoms with Crippen molar-refractivity contribution < 1.29 is 4.74 Å². The van der Waals surface area contributed by atoms with Gasteiger partial charge in [0.2, 0.25) is 0 Å². The number of benzene rings is 1. The number of aryl methyl sites for hydroxylation is 1. The van der Waals surface area contributed by atoms with Crippen molar-refractivity contribution in [2.24, 2.45) is 10.7 Å². The Morgan fingerprint density at radius 2 is 2.05 bits per heavy atom. The fraction of sp³-hybridized carbons (Fsp3) is 0.562. The lowest BCUT2D eigenvalue weighted by atomic mass is 10.1. The summed E-state index contributed by atoms with van der Waals surface area (Å²) in [5.41, 5.74) is 8.37. The van der Waals surface area contributed by atoms with Gasteiger partial charge in [-0.05, 0) is 31.0 Å². The van der Waals surface area contributed by atoms with Crippen molar-refractivity contribution >= 4 is 29.9 Å². The number of rotatable bonds is 6. The van der Waals surface area contributed by atoms with Crippen LogP contribution in [0.1, 0.15) is 17.5 Å². The highest BCUT2D eigenvalue weighted by Gasteiger charge is 2.08. The number of ether oxygens (including phenoxy) is 1. The molecule has 5 nitrogen and oxygen atoms in total. The summed E-state index contributed by atoms with van der Waals surface area (Å²) in [6.07, 6.45) is 1.07. The van der Waals surface area contributed by atoms with Crippen LogP contribution in [0.3, 0.4) is 0 Å². The Bertz CT molecular complexity index is 461. The number of nitrogens with two attached hydrogens (primary N) is 1. The molecule has 1 aliphatic rings. The number of hydrogen-bond acceptors (Lipinski definition) is 3. The first kappa shape index (κ1) is 19.2. The van der Waals surface area contributed by atoms with E-state index in [9.17, 15) is 0 Å². The summed E-state index contributed by atoms with van der Waals surface area (Å²) in [6.45, 7) is 8.46. The fourth-order valence-electron chi connectivity index (χ4n) is 2.36.